The summed E-state index contributed by atoms with van der Waals surface area (Å²) in [6, 6.07) is 14.1. The van der Waals surface area contributed by atoms with Crippen LogP contribution in [0, 0.1) is 29.9 Å². The van der Waals surface area contributed by atoms with Crippen LogP contribution in [0.1, 0.15) is 5.69 Å². The molecule has 0 aliphatic heterocycles. The second-order valence-electron chi connectivity index (χ2n) is 6.53. The Labute approximate surface area is 175 Å². The highest BCUT2D eigenvalue weighted by Gasteiger charge is 2.20. The van der Waals surface area contributed by atoms with Gasteiger partial charge in [0.1, 0.15) is 17.3 Å². The first-order valence-electron chi connectivity index (χ1n) is 8.97. The molecular formula is C22H16F2N3O2S+. The van der Waals surface area contributed by atoms with Gasteiger partial charge in [0.25, 0.3) is 0 Å². The summed E-state index contributed by atoms with van der Waals surface area (Å²) in [5.74, 6) is -0.975. The molecule has 150 valence electrons. The topological polar surface area (TPSA) is 72.9 Å². The number of H-pyrrole nitrogens is 1. The molecule has 0 aliphatic carbocycles. The second kappa shape index (κ2) is 8.05. The van der Waals surface area contributed by atoms with Gasteiger partial charge < -0.3 is 9.94 Å². The van der Waals surface area contributed by atoms with Crippen molar-refractivity contribution in [1.29, 1.82) is 5.26 Å². The van der Waals surface area contributed by atoms with Crippen molar-refractivity contribution < 1.29 is 23.5 Å². The van der Waals surface area contributed by atoms with Gasteiger partial charge in [0, 0.05) is 29.0 Å². The highest BCUT2D eigenvalue weighted by atomic mass is 32.2. The number of fused-ring (bicyclic) bond motifs is 1. The van der Waals surface area contributed by atoms with Gasteiger partial charge >= 0.3 is 5.65 Å². The van der Waals surface area contributed by atoms with Gasteiger partial charge in [-0.25, -0.2) is 13.8 Å². The number of aromatic amines is 1. The highest BCUT2D eigenvalue weighted by molar-refractivity contribution is 7.99. The lowest BCUT2D eigenvalue weighted by atomic mass is 10.0. The summed E-state index contributed by atoms with van der Waals surface area (Å²) < 4.78 is 34.3. The summed E-state index contributed by atoms with van der Waals surface area (Å²) in [6.07, 6.45) is 1.70. The fraction of sp³-hybridized carbons (Fsp3) is 0.0909. The number of ether oxygens (including phenoxy) is 1. The lowest BCUT2D eigenvalue weighted by Crippen LogP contribution is -2.34. The van der Waals surface area contributed by atoms with Crippen molar-refractivity contribution in [1.82, 2.24) is 4.98 Å². The zero-order valence-corrected chi connectivity index (χ0v) is 16.6. The maximum absolute atomic E-state index is 14.2. The molecule has 5 nitrogen and oxygen atoms in total. The Morgan fingerprint density at radius 2 is 1.90 bits per heavy atom. The van der Waals surface area contributed by atoms with Crippen LogP contribution in [0.15, 0.2) is 59.6 Å². The number of rotatable bonds is 5. The molecule has 0 spiro atoms. The Hall–Kier alpha value is -3.57. The summed E-state index contributed by atoms with van der Waals surface area (Å²) in [7, 11) is 0. The predicted molar refractivity (Wildman–Crippen MR) is 109 cm³/mol. The number of aryl methyl sites for hydroxylation is 1. The average Bonchev–Trinajstić information content (AvgIpc) is 3.22. The molecule has 0 radical (unpaired) electrons. The predicted octanol–water partition coefficient (Wildman–Crippen LogP) is 5.35. The quantitative estimate of drug-likeness (QED) is 0.257. The maximum atomic E-state index is 14.2. The number of pyridine rings is 1. The van der Waals surface area contributed by atoms with Crippen molar-refractivity contribution in [3.63, 3.8) is 0 Å². The van der Waals surface area contributed by atoms with E-state index in [-0.39, 0.29) is 11.5 Å². The largest absolute Gasteiger partial charge is 0.454 e. The number of aromatic nitrogens is 2. The lowest BCUT2D eigenvalue weighted by Gasteiger charge is -2.14. The van der Waals surface area contributed by atoms with Gasteiger partial charge in [0.2, 0.25) is 0 Å². The second-order valence-corrected chi connectivity index (χ2v) is 7.58. The third kappa shape index (κ3) is 3.67. The van der Waals surface area contributed by atoms with Gasteiger partial charge in [0.05, 0.1) is 23.4 Å². The van der Waals surface area contributed by atoms with Crippen LogP contribution in [0.3, 0.4) is 0 Å². The van der Waals surface area contributed by atoms with E-state index in [4.69, 9.17) is 10.00 Å². The number of benzene rings is 2. The molecule has 0 unspecified atom stereocenters. The Kier molecular flexibility index (Phi) is 5.29. The Bertz CT molecular complexity index is 1300. The normalized spacial score (nSPS) is 10.9. The zero-order valence-electron chi connectivity index (χ0n) is 15.8. The molecule has 2 aromatic heterocycles. The maximum Gasteiger partial charge on any atom is 0.326 e. The molecule has 0 bridgehead atoms. The molecule has 8 heteroatoms. The van der Waals surface area contributed by atoms with E-state index in [1.807, 2.05) is 12.1 Å². The monoisotopic (exact) mass is 424 g/mol. The van der Waals surface area contributed by atoms with Crippen LogP contribution in [-0.4, -0.2) is 15.9 Å². The van der Waals surface area contributed by atoms with E-state index in [0.717, 1.165) is 32.7 Å². The van der Waals surface area contributed by atoms with E-state index >= 15 is 0 Å². The van der Waals surface area contributed by atoms with Gasteiger partial charge in [-0.3, -0.25) is 0 Å². The molecule has 0 saturated carbocycles. The lowest BCUT2D eigenvalue weighted by molar-refractivity contribution is -0.889. The van der Waals surface area contributed by atoms with Gasteiger partial charge in [0.15, 0.2) is 11.6 Å². The number of nitriles is 1. The molecule has 0 aliphatic rings. The third-order valence-electron chi connectivity index (χ3n) is 4.57. The summed E-state index contributed by atoms with van der Waals surface area (Å²) in [5.41, 5.74) is 2.48. The first-order valence-corrected chi connectivity index (χ1v) is 9.95. The van der Waals surface area contributed by atoms with E-state index < -0.39 is 11.6 Å². The summed E-state index contributed by atoms with van der Waals surface area (Å²) in [4.78, 5) is 3.83. The highest BCUT2D eigenvalue weighted by Crippen LogP contribution is 2.39. The SMILES string of the molecule is Cc1cc(-c2cc(SCC#N)ccc2Oc2ccc(F)cc2F)c2cc[nH]c2[n+]1O. The van der Waals surface area contributed by atoms with Gasteiger partial charge in [-0.1, -0.05) is 0 Å². The number of thioether (sulfide) groups is 1. The Balaban J connectivity index is 1.89. The van der Waals surface area contributed by atoms with E-state index in [1.165, 1.54) is 17.8 Å². The van der Waals surface area contributed by atoms with Crippen LogP contribution in [0.5, 0.6) is 11.5 Å². The molecule has 0 amide bonds. The van der Waals surface area contributed by atoms with Crippen LogP contribution in [0.25, 0.3) is 22.2 Å². The Morgan fingerprint density at radius 1 is 1.10 bits per heavy atom. The van der Waals surface area contributed by atoms with Gasteiger partial charge in [-0.2, -0.15) is 5.26 Å². The minimum Gasteiger partial charge on any atom is -0.454 e. The Morgan fingerprint density at radius 3 is 2.67 bits per heavy atom. The molecule has 0 saturated heterocycles. The van der Waals surface area contributed by atoms with E-state index in [9.17, 15) is 14.0 Å². The van der Waals surface area contributed by atoms with E-state index in [1.54, 1.807) is 31.3 Å². The van der Waals surface area contributed by atoms with E-state index in [0.29, 0.717) is 22.7 Å². The standard InChI is InChI=1S/C22H15F2N3O2S/c1-13-10-17(16-6-8-26-22(16)27(13)28)18-12-15(30-9-7-25)3-5-20(18)29-21-4-2-14(23)11-19(21)24/h2-6,8,10-12,28H,9H2,1H3/p+1. The van der Waals surface area contributed by atoms with Gasteiger partial charge in [-0.05, 0) is 47.2 Å². The van der Waals surface area contributed by atoms with Crippen molar-refractivity contribution in [2.75, 3.05) is 5.75 Å². The van der Waals surface area contributed by atoms with Crippen molar-refractivity contribution in [2.45, 2.75) is 11.8 Å². The molecule has 2 heterocycles. The number of hydrogen-bond donors (Lipinski definition) is 2. The molecule has 2 aromatic carbocycles. The first-order chi connectivity index (χ1) is 14.5. The van der Waals surface area contributed by atoms with E-state index in [2.05, 4.69) is 11.1 Å². The number of nitrogens with one attached hydrogen (secondary N) is 1. The molecule has 2 N–H and O–H groups in total. The van der Waals surface area contributed by atoms with Crippen LogP contribution in [0.4, 0.5) is 8.78 Å². The smallest absolute Gasteiger partial charge is 0.326 e. The zero-order chi connectivity index (χ0) is 21.3. The van der Waals surface area contributed by atoms with Crippen molar-refractivity contribution in [3.05, 3.63) is 72.1 Å². The average molecular weight is 424 g/mol. The van der Waals surface area contributed by atoms with Crippen molar-refractivity contribution in [3.8, 4) is 28.7 Å². The fourth-order valence-electron chi connectivity index (χ4n) is 3.19. The third-order valence-corrected chi connectivity index (χ3v) is 5.43. The summed E-state index contributed by atoms with van der Waals surface area (Å²) in [6.45, 7) is 1.75. The fourth-order valence-corrected chi connectivity index (χ4v) is 3.79. The molecule has 0 atom stereocenters. The van der Waals surface area contributed by atoms with Crippen molar-refractivity contribution in [2.24, 2.45) is 0 Å². The first kappa shape index (κ1) is 19.7. The van der Waals surface area contributed by atoms with Crippen LogP contribution in [0.2, 0.25) is 0 Å². The molecule has 4 rings (SSSR count). The number of nitrogens with zero attached hydrogens (tertiary/aromatic N) is 2. The molecule has 0 fully saturated rings. The van der Waals surface area contributed by atoms with Crippen molar-refractivity contribution >= 4 is 22.8 Å². The number of hydrogen-bond acceptors (Lipinski definition) is 4. The summed E-state index contributed by atoms with van der Waals surface area (Å²) in [5, 5.41) is 19.9. The minimum atomic E-state index is -0.812. The minimum absolute atomic E-state index is 0.106. The van der Waals surface area contributed by atoms with Crippen LogP contribution < -0.4 is 9.47 Å². The molecule has 30 heavy (non-hydrogen) atoms. The number of halogens is 2. The molecule has 4 aromatic rings. The van der Waals surface area contributed by atoms with Crippen LogP contribution >= 0.6 is 11.8 Å². The molecular weight excluding hydrogens is 408 g/mol. The summed E-state index contributed by atoms with van der Waals surface area (Å²) >= 11 is 1.36. The van der Waals surface area contributed by atoms with Crippen LogP contribution in [-0.2, 0) is 0 Å². The van der Waals surface area contributed by atoms with Gasteiger partial charge in [-0.15, -0.1) is 11.8 Å².